The van der Waals surface area contributed by atoms with Crippen molar-refractivity contribution in [3.8, 4) is 0 Å². The van der Waals surface area contributed by atoms with E-state index in [1.165, 1.54) is 4.90 Å². The van der Waals surface area contributed by atoms with Gasteiger partial charge in [-0.25, -0.2) is 0 Å². The van der Waals surface area contributed by atoms with Gasteiger partial charge in [0.1, 0.15) is 0 Å². The van der Waals surface area contributed by atoms with Crippen molar-refractivity contribution in [2.45, 2.75) is 19.4 Å². The minimum Gasteiger partial charge on any atom is -0.480 e. The summed E-state index contributed by atoms with van der Waals surface area (Å²) in [5, 5.41) is 8.59. The summed E-state index contributed by atoms with van der Waals surface area (Å²) in [6.07, 6.45) is 0. The van der Waals surface area contributed by atoms with Gasteiger partial charge in [-0.15, -0.1) is 0 Å². The maximum Gasteiger partial charge on any atom is 0.441 e. The molecule has 0 bridgehead atoms. The number of alkyl halides is 3. The summed E-state index contributed by atoms with van der Waals surface area (Å²) < 4.78 is 35.6. The molecule has 0 amide bonds. The fourth-order valence-corrected chi connectivity index (χ4v) is 1.81. The number of carboxylic acid groups (broad SMARTS) is 1. The Labute approximate surface area is 97.0 Å². The Hall–Kier alpha value is -0.430. The molecule has 0 unspecified atom stereocenters. The lowest BCUT2D eigenvalue weighted by Crippen LogP contribution is -2.35. The van der Waals surface area contributed by atoms with E-state index < -0.39 is 11.5 Å². The molecule has 0 saturated carbocycles. The van der Waals surface area contributed by atoms with Gasteiger partial charge in [-0.1, -0.05) is 13.8 Å². The van der Waals surface area contributed by atoms with Crippen molar-refractivity contribution in [2.75, 3.05) is 25.4 Å². The van der Waals surface area contributed by atoms with E-state index in [1.807, 2.05) is 13.8 Å². The van der Waals surface area contributed by atoms with Crippen LogP contribution in [0.2, 0.25) is 0 Å². The lowest BCUT2D eigenvalue weighted by atomic mass is 10.2. The van der Waals surface area contributed by atoms with E-state index >= 15 is 0 Å². The number of hydrogen-bond donors (Lipinski definition) is 1. The van der Waals surface area contributed by atoms with Gasteiger partial charge in [0, 0.05) is 18.8 Å². The van der Waals surface area contributed by atoms with Crippen LogP contribution in [0.5, 0.6) is 0 Å². The van der Waals surface area contributed by atoms with Gasteiger partial charge in [-0.3, -0.25) is 9.69 Å². The number of aliphatic carboxylic acids is 1. The number of rotatable bonds is 7. The standard InChI is InChI=1S/C9H16F3NO2S/c1-7(2)5-13(6-8(14)15)3-4-16-9(10,11)12/h7H,3-6H2,1-2H3,(H,14,15). The smallest absolute Gasteiger partial charge is 0.441 e. The van der Waals surface area contributed by atoms with Crippen molar-refractivity contribution >= 4 is 17.7 Å². The van der Waals surface area contributed by atoms with Crippen LogP contribution in [-0.4, -0.2) is 46.9 Å². The third-order valence-corrected chi connectivity index (χ3v) is 2.37. The maximum absolute atomic E-state index is 11.9. The molecule has 0 aromatic heterocycles. The predicted molar refractivity (Wildman–Crippen MR) is 57.4 cm³/mol. The van der Waals surface area contributed by atoms with Crippen molar-refractivity contribution in [1.82, 2.24) is 4.90 Å². The topological polar surface area (TPSA) is 40.5 Å². The highest BCUT2D eigenvalue weighted by Gasteiger charge is 2.28. The molecule has 96 valence electrons. The highest BCUT2D eigenvalue weighted by molar-refractivity contribution is 8.00. The fourth-order valence-electron chi connectivity index (χ4n) is 1.23. The van der Waals surface area contributed by atoms with Crippen LogP contribution in [0, 0.1) is 5.92 Å². The predicted octanol–water partition coefficient (Wildman–Crippen LogP) is 2.28. The Bertz CT molecular complexity index is 221. The van der Waals surface area contributed by atoms with Crippen LogP contribution in [0.1, 0.15) is 13.8 Å². The summed E-state index contributed by atoms with van der Waals surface area (Å²) in [6.45, 7) is 4.20. The summed E-state index contributed by atoms with van der Waals surface area (Å²) in [4.78, 5) is 12.0. The van der Waals surface area contributed by atoms with Crippen LogP contribution in [0.3, 0.4) is 0 Å². The zero-order chi connectivity index (χ0) is 12.8. The Morgan fingerprint density at radius 3 is 2.38 bits per heavy atom. The molecule has 0 aliphatic heterocycles. The Kier molecular flexibility index (Phi) is 6.82. The second-order valence-corrected chi connectivity index (χ2v) is 4.98. The van der Waals surface area contributed by atoms with Crippen LogP contribution in [0.15, 0.2) is 0 Å². The van der Waals surface area contributed by atoms with Crippen LogP contribution in [0.25, 0.3) is 0 Å². The van der Waals surface area contributed by atoms with Crippen LogP contribution in [0.4, 0.5) is 13.2 Å². The maximum atomic E-state index is 11.9. The molecule has 0 aromatic carbocycles. The van der Waals surface area contributed by atoms with Crippen LogP contribution >= 0.6 is 11.8 Å². The molecule has 0 heterocycles. The van der Waals surface area contributed by atoms with Gasteiger partial charge in [0.2, 0.25) is 0 Å². The van der Waals surface area contributed by atoms with E-state index in [0.29, 0.717) is 6.54 Å². The molecule has 16 heavy (non-hydrogen) atoms. The van der Waals surface area contributed by atoms with E-state index in [2.05, 4.69) is 0 Å². The SMILES string of the molecule is CC(C)CN(CCSC(F)(F)F)CC(=O)O. The molecular formula is C9H16F3NO2S. The van der Waals surface area contributed by atoms with Gasteiger partial charge in [-0.2, -0.15) is 13.2 Å². The average molecular weight is 259 g/mol. The molecule has 0 saturated heterocycles. The fraction of sp³-hybridized carbons (Fsp3) is 0.889. The van der Waals surface area contributed by atoms with Gasteiger partial charge in [-0.05, 0) is 17.7 Å². The zero-order valence-electron chi connectivity index (χ0n) is 9.25. The number of nitrogens with zero attached hydrogens (tertiary/aromatic N) is 1. The first-order valence-corrected chi connectivity index (χ1v) is 5.84. The normalized spacial score (nSPS) is 12.4. The minimum absolute atomic E-state index is 0.119. The van der Waals surface area contributed by atoms with Gasteiger partial charge >= 0.3 is 11.5 Å². The number of thioether (sulfide) groups is 1. The molecule has 3 nitrogen and oxygen atoms in total. The molecule has 0 spiro atoms. The van der Waals surface area contributed by atoms with Crippen molar-refractivity contribution in [3.05, 3.63) is 0 Å². The second kappa shape index (κ2) is 7.01. The quantitative estimate of drug-likeness (QED) is 0.761. The summed E-state index contributed by atoms with van der Waals surface area (Å²) >= 11 is -0.119. The number of hydrogen-bond acceptors (Lipinski definition) is 3. The number of halogens is 3. The Morgan fingerprint density at radius 1 is 1.44 bits per heavy atom. The largest absolute Gasteiger partial charge is 0.480 e. The Morgan fingerprint density at radius 2 is 2.00 bits per heavy atom. The van der Waals surface area contributed by atoms with Crippen molar-refractivity contribution in [2.24, 2.45) is 5.92 Å². The number of carbonyl (C=O) groups is 1. The van der Waals surface area contributed by atoms with Crippen LogP contribution in [-0.2, 0) is 4.79 Å². The molecule has 0 radical (unpaired) electrons. The zero-order valence-corrected chi connectivity index (χ0v) is 10.1. The molecule has 0 atom stereocenters. The molecule has 0 aliphatic carbocycles. The molecule has 0 aromatic rings. The first kappa shape index (κ1) is 15.6. The Balaban J connectivity index is 3.96. The summed E-state index contributed by atoms with van der Waals surface area (Å²) in [5.74, 6) is -0.920. The summed E-state index contributed by atoms with van der Waals surface area (Å²) in [6, 6.07) is 0. The van der Waals surface area contributed by atoms with E-state index in [1.54, 1.807) is 0 Å². The van der Waals surface area contributed by atoms with E-state index in [9.17, 15) is 18.0 Å². The highest BCUT2D eigenvalue weighted by atomic mass is 32.2. The molecule has 0 fully saturated rings. The van der Waals surface area contributed by atoms with Gasteiger partial charge < -0.3 is 5.11 Å². The number of carboxylic acids is 1. The molecule has 1 N–H and O–H groups in total. The van der Waals surface area contributed by atoms with Crippen molar-refractivity contribution < 1.29 is 23.1 Å². The molecular weight excluding hydrogens is 243 g/mol. The van der Waals surface area contributed by atoms with Crippen molar-refractivity contribution in [1.29, 1.82) is 0 Å². The third-order valence-electron chi connectivity index (χ3n) is 1.66. The van der Waals surface area contributed by atoms with E-state index in [-0.39, 0.29) is 36.5 Å². The highest BCUT2D eigenvalue weighted by Crippen LogP contribution is 2.29. The average Bonchev–Trinajstić information content (AvgIpc) is 1.98. The van der Waals surface area contributed by atoms with Crippen LogP contribution < -0.4 is 0 Å². The monoisotopic (exact) mass is 259 g/mol. The first-order chi connectivity index (χ1) is 7.20. The summed E-state index contributed by atoms with van der Waals surface area (Å²) in [7, 11) is 0. The van der Waals surface area contributed by atoms with Gasteiger partial charge in [0.05, 0.1) is 6.54 Å². The molecule has 0 aliphatic rings. The lowest BCUT2D eigenvalue weighted by Gasteiger charge is -2.22. The van der Waals surface area contributed by atoms with E-state index in [0.717, 1.165) is 0 Å². The van der Waals surface area contributed by atoms with E-state index in [4.69, 9.17) is 5.11 Å². The molecule has 0 rings (SSSR count). The second-order valence-electron chi connectivity index (χ2n) is 3.82. The lowest BCUT2D eigenvalue weighted by molar-refractivity contribution is -0.138. The minimum atomic E-state index is -4.24. The van der Waals surface area contributed by atoms with Crippen molar-refractivity contribution in [3.63, 3.8) is 0 Å². The third kappa shape index (κ3) is 10.1. The first-order valence-electron chi connectivity index (χ1n) is 4.85. The van der Waals surface area contributed by atoms with Gasteiger partial charge in [0.25, 0.3) is 0 Å². The van der Waals surface area contributed by atoms with Gasteiger partial charge in [0.15, 0.2) is 0 Å². The molecule has 7 heteroatoms. The summed E-state index contributed by atoms with van der Waals surface area (Å²) in [5.41, 5.74) is -4.24.